The molecule has 0 heterocycles. The Morgan fingerprint density at radius 3 is 2.19 bits per heavy atom. The minimum absolute atomic E-state index is 0.381. The van der Waals surface area contributed by atoms with E-state index in [-0.39, 0.29) is 0 Å². The summed E-state index contributed by atoms with van der Waals surface area (Å²) in [5.41, 5.74) is 11.9. The molecule has 134 valence electrons. The molecule has 4 N–H and O–H groups in total. The molecule has 1 amide bonds. The van der Waals surface area contributed by atoms with Gasteiger partial charge in [-0.25, -0.2) is 0 Å². The average molecular weight is 350 g/mol. The molecule has 0 aliphatic rings. The maximum atomic E-state index is 11.2. The predicted octanol–water partition coefficient (Wildman–Crippen LogP) is 4.25. The van der Waals surface area contributed by atoms with Gasteiger partial charge in [-0.3, -0.25) is 4.79 Å². The lowest BCUT2D eigenvalue weighted by Gasteiger charge is -2.08. The second-order valence-electron chi connectivity index (χ2n) is 5.28. The lowest BCUT2D eigenvalue weighted by atomic mass is 10.2. The number of para-hydroxylation sites is 2. The Balaban J connectivity index is 0.000000209. The van der Waals surface area contributed by atoms with E-state index in [9.17, 15) is 4.79 Å². The molecule has 0 unspecified atom stereocenters. The number of ether oxygens (including phenoxy) is 2. The van der Waals surface area contributed by atoms with Crippen molar-refractivity contribution >= 4 is 11.6 Å². The molecule has 26 heavy (non-hydrogen) atoms. The number of hydrogen-bond acceptors (Lipinski definition) is 4. The van der Waals surface area contributed by atoms with Gasteiger partial charge in [0.15, 0.2) is 0 Å². The molecule has 3 aromatic rings. The van der Waals surface area contributed by atoms with Crippen LogP contribution in [-0.2, 0) is 0 Å². The number of rotatable bonds is 5. The van der Waals surface area contributed by atoms with Gasteiger partial charge in [0.05, 0.1) is 12.2 Å². The van der Waals surface area contributed by atoms with Gasteiger partial charge < -0.3 is 20.9 Å². The molecule has 0 fully saturated rings. The molecule has 3 rings (SSSR count). The zero-order valence-corrected chi connectivity index (χ0v) is 14.6. The number of amides is 1. The van der Waals surface area contributed by atoms with Crippen molar-refractivity contribution in [3.05, 3.63) is 84.4 Å². The molecule has 0 aliphatic heterocycles. The Kier molecular flexibility index (Phi) is 7.06. The van der Waals surface area contributed by atoms with Crippen LogP contribution in [0.3, 0.4) is 0 Å². The molecule has 0 saturated heterocycles. The number of benzene rings is 3. The van der Waals surface area contributed by atoms with Gasteiger partial charge in [-0.15, -0.1) is 0 Å². The second-order valence-corrected chi connectivity index (χ2v) is 5.28. The summed E-state index contributed by atoms with van der Waals surface area (Å²) in [7, 11) is 0. The monoisotopic (exact) mass is 350 g/mol. The van der Waals surface area contributed by atoms with Crippen molar-refractivity contribution in [3.63, 3.8) is 0 Å². The summed E-state index contributed by atoms with van der Waals surface area (Å²) >= 11 is 0. The highest BCUT2D eigenvalue weighted by Crippen LogP contribution is 2.24. The molecule has 0 aliphatic carbocycles. The van der Waals surface area contributed by atoms with Gasteiger partial charge in [-0.05, 0) is 43.3 Å². The van der Waals surface area contributed by atoms with E-state index in [1.54, 1.807) is 24.3 Å². The van der Waals surface area contributed by atoms with Gasteiger partial charge in [-0.2, -0.15) is 0 Å². The topological polar surface area (TPSA) is 87.6 Å². The van der Waals surface area contributed by atoms with Crippen LogP contribution in [0, 0.1) is 0 Å². The summed E-state index contributed by atoms with van der Waals surface area (Å²) in [6.07, 6.45) is 0. The molecule has 5 heteroatoms. The Morgan fingerprint density at radius 2 is 1.54 bits per heavy atom. The van der Waals surface area contributed by atoms with Crippen LogP contribution in [-0.4, -0.2) is 12.5 Å². The predicted molar refractivity (Wildman–Crippen MR) is 103 cm³/mol. The van der Waals surface area contributed by atoms with Crippen LogP contribution in [0.25, 0.3) is 0 Å². The van der Waals surface area contributed by atoms with Crippen LogP contribution in [0.15, 0.2) is 78.9 Å². The summed E-state index contributed by atoms with van der Waals surface area (Å²) in [4.78, 5) is 11.2. The number of carbonyl (C=O) groups excluding carboxylic acids is 1. The summed E-state index contributed by atoms with van der Waals surface area (Å²) < 4.78 is 10.8. The molecule has 0 saturated carbocycles. The summed E-state index contributed by atoms with van der Waals surface area (Å²) in [6.45, 7) is 2.63. The Bertz CT molecular complexity index is 835. The number of carbonyl (C=O) groups is 1. The standard InChI is InChI=1S/C13H11NO2.C8H11NO/c14-13(15)11-8-4-5-9-12(11)16-10-6-2-1-3-7-10;1-2-10-8-5-3-4-7(9)6-8/h1-9H,(H2,14,15);3-6H,2,9H2,1H3. The van der Waals surface area contributed by atoms with Crippen LogP contribution in [0.1, 0.15) is 17.3 Å². The highest BCUT2D eigenvalue weighted by atomic mass is 16.5. The molecule has 5 nitrogen and oxygen atoms in total. The van der Waals surface area contributed by atoms with E-state index in [2.05, 4.69) is 0 Å². The van der Waals surface area contributed by atoms with E-state index in [4.69, 9.17) is 20.9 Å². The highest BCUT2D eigenvalue weighted by Gasteiger charge is 2.08. The number of anilines is 1. The average Bonchev–Trinajstić information content (AvgIpc) is 2.64. The fourth-order valence-electron chi connectivity index (χ4n) is 2.15. The van der Waals surface area contributed by atoms with Crippen LogP contribution in [0.2, 0.25) is 0 Å². The smallest absolute Gasteiger partial charge is 0.252 e. The van der Waals surface area contributed by atoms with Crippen molar-refractivity contribution in [2.24, 2.45) is 5.73 Å². The first-order valence-electron chi connectivity index (χ1n) is 8.20. The minimum atomic E-state index is -0.494. The van der Waals surface area contributed by atoms with E-state index < -0.39 is 5.91 Å². The normalized spacial score (nSPS) is 9.58. The van der Waals surface area contributed by atoms with Crippen molar-refractivity contribution < 1.29 is 14.3 Å². The van der Waals surface area contributed by atoms with Crippen LogP contribution in [0.5, 0.6) is 17.2 Å². The summed E-state index contributed by atoms with van der Waals surface area (Å²) in [5.74, 6) is 1.49. The third kappa shape index (κ3) is 5.87. The van der Waals surface area contributed by atoms with E-state index in [0.717, 1.165) is 11.4 Å². The third-order valence-corrected chi connectivity index (χ3v) is 3.29. The lowest BCUT2D eigenvalue weighted by molar-refractivity contribution is 0.0998. The number of primary amides is 1. The highest BCUT2D eigenvalue weighted by molar-refractivity contribution is 5.95. The van der Waals surface area contributed by atoms with Gasteiger partial charge >= 0.3 is 0 Å². The maximum Gasteiger partial charge on any atom is 0.252 e. The molecular weight excluding hydrogens is 328 g/mol. The lowest BCUT2D eigenvalue weighted by Crippen LogP contribution is -2.11. The second kappa shape index (κ2) is 9.74. The van der Waals surface area contributed by atoms with E-state index >= 15 is 0 Å². The first kappa shape index (κ1) is 18.9. The minimum Gasteiger partial charge on any atom is -0.494 e. The van der Waals surface area contributed by atoms with Crippen molar-refractivity contribution in [2.45, 2.75) is 6.92 Å². The molecule has 0 atom stereocenters. The van der Waals surface area contributed by atoms with Gasteiger partial charge in [-0.1, -0.05) is 36.4 Å². The number of hydrogen-bond donors (Lipinski definition) is 2. The number of nitrogen functional groups attached to an aromatic ring is 1. The zero-order valence-electron chi connectivity index (χ0n) is 14.6. The van der Waals surface area contributed by atoms with Crippen LogP contribution in [0.4, 0.5) is 5.69 Å². The zero-order chi connectivity index (χ0) is 18.8. The van der Waals surface area contributed by atoms with Crippen molar-refractivity contribution in [3.8, 4) is 17.2 Å². The first-order chi connectivity index (χ1) is 12.6. The van der Waals surface area contributed by atoms with Gasteiger partial charge in [0.1, 0.15) is 17.2 Å². The molecular formula is C21H22N2O3. The summed E-state index contributed by atoms with van der Waals surface area (Å²) in [6, 6.07) is 23.6. The van der Waals surface area contributed by atoms with E-state index in [1.165, 1.54) is 0 Å². The SMILES string of the molecule is CCOc1cccc(N)c1.NC(=O)c1ccccc1Oc1ccccc1. The van der Waals surface area contributed by atoms with Gasteiger partial charge in [0.25, 0.3) is 5.91 Å². The fourth-order valence-corrected chi connectivity index (χ4v) is 2.15. The van der Waals surface area contributed by atoms with Crippen molar-refractivity contribution in [1.29, 1.82) is 0 Å². The Morgan fingerprint density at radius 1 is 0.885 bits per heavy atom. The molecule has 3 aromatic carbocycles. The third-order valence-electron chi connectivity index (χ3n) is 3.29. The van der Waals surface area contributed by atoms with E-state index in [0.29, 0.717) is 23.7 Å². The van der Waals surface area contributed by atoms with Crippen molar-refractivity contribution in [1.82, 2.24) is 0 Å². The van der Waals surface area contributed by atoms with E-state index in [1.807, 2.05) is 61.5 Å². The number of nitrogens with two attached hydrogens (primary N) is 2. The fraction of sp³-hybridized carbons (Fsp3) is 0.0952. The first-order valence-corrected chi connectivity index (χ1v) is 8.20. The van der Waals surface area contributed by atoms with Crippen LogP contribution < -0.4 is 20.9 Å². The van der Waals surface area contributed by atoms with Gasteiger partial charge in [0, 0.05) is 11.8 Å². The molecule has 0 aromatic heterocycles. The molecule has 0 bridgehead atoms. The van der Waals surface area contributed by atoms with Crippen molar-refractivity contribution in [2.75, 3.05) is 12.3 Å². The largest absolute Gasteiger partial charge is 0.494 e. The quantitative estimate of drug-likeness (QED) is 0.674. The Hall–Kier alpha value is -3.47. The Labute approximate surface area is 153 Å². The molecule has 0 spiro atoms. The maximum absolute atomic E-state index is 11.2. The van der Waals surface area contributed by atoms with Crippen LogP contribution >= 0.6 is 0 Å². The summed E-state index contributed by atoms with van der Waals surface area (Å²) in [5, 5.41) is 0. The molecule has 0 radical (unpaired) electrons. The van der Waals surface area contributed by atoms with Gasteiger partial charge in [0.2, 0.25) is 0 Å².